The first-order valence-corrected chi connectivity index (χ1v) is 6.69. The van der Waals surface area contributed by atoms with Gasteiger partial charge < -0.3 is 4.74 Å². The zero-order valence-electron chi connectivity index (χ0n) is 9.23. The van der Waals surface area contributed by atoms with Gasteiger partial charge in [0, 0.05) is 5.25 Å². The van der Waals surface area contributed by atoms with Crippen LogP contribution in [0.4, 0.5) is 0 Å². The fourth-order valence-electron chi connectivity index (χ4n) is 2.54. The second-order valence-electron chi connectivity index (χ2n) is 4.53. The van der Waals surface area contributed by atoms with Crippen LogP contribution in [0.1, 0.15) is 30.1 Å². The van der Waals surface area contributed by atoms with Crippen LogP contribution in [0.5, 0.6) is 5.75 Å². The number of para-hydroxylation sites is 1. The van der Waals surface area contributed by atoms with Gasteiger partial charge in [-0.2, -0.15) is 11.8 Å². The van der Waals surface area contributed by atoms with Crippen LogP contribution >= 0.6 is 11.8 Å². The summed E-state index contributed by atoms with van der Waals surface area (Å²) in [6.45, 7) is 2.17. The zero-order valence-corrected chi connectivity index (χ0v) is 10.0. The van der Waals surface area contributed by atoms with E-state index in [0.29, 0.717) is 11.7 Å². The highest BCUT2D eigenvalue weighted by molar-refractivity contribution is 8.00. The molecule has 1 aromatic carbocycles. The number of rotatable bonds is 0. The molecule has 2 nitrogen and oxygen atoms in total. The van der Waals surface area contributed by atoms with Gasteiger partial charge in [0.15, 0.2) is 5.78 Å². The Labute approximate surface area is 99.4 Å². The lowest BCUT2D eigenvalue weighted by atomic mass is 9.86. The van der Waals surface area contributed by atoms with E-state index in [1.165, 1.54) is 0 Å². The average molecular weight is 234 g/mol. The molecule has 2 unspecified atom stereocenters. The minimum absolute atomic E-state index is 0.233. The maximum atomic E-state index is 12.1. The summed E-state index contributed by atoms with van der Waals surface area (Å²) in [5.74, 6) is 2.10. The number of carbonyl (C=O) groups is 1. The maximum absolute atomic E-state index is 12.1. The standard InChI is InChI=1S/C13H14O2S/c1-9-13(6-7-16-9)8-11(14)10-4-2-3-5-12(10)15-13/h2-5,9H,6-8H2,1H3. The maximum Gasteiger partial charge on any atom is 0.170 e. The second kappa shape index (κ2) is 3.52. The van der Waals surface area contributed by atoms with Gasteiger partial charge in [0.1, 0.15) is 11.4 Å². The van der Waals surface area contributed by atoms with Crippen LogP contribution in [0.25, 0.3) is 0 Å². The molecule has 2 aliphatic rings. The number of benzene rings is 1. The van der Waals surface area contributed by atoms with E-state index in [0.717, 1.165) is 23.5 Å². The van der Waals surface area contributed by atoms with Gasteiger partial charge in [-0.1, -0.05) is 12.1 Å². The second-order valence-corrected chi connectivity index (χ2v) is 5.97. The van der Waals surface area contributed by atoms with Gasteiger partial charge in [-0.25, -0.2) is 0 Å². The first-order chi connectivity index (χ1) is 7.71. The first-order valence-electron chi connectivity index (χ1n) is 5.64. The van der Waals surface area contributed by atoms with Crippen molar-refractivity contribution in [1.82, 2.24) is 0 Å². The van der Waals surface area contributed by atoms with Crippen LogP contribution in [0, 0.1) is 0 Å². The third kappa shape index (κ3) is 1.38. The van der Waals surface area contributed by atoms with Crippen molar-refractivity contribution < 1.29 is 9.53 Å². The van der Waals surface area contributed by atoms with E-state index in [4.69, 9.17) is 4.74 Å². The molecule has 0 saturated carbocycles. The lowest BCUT2D eigenvalue weighted by Gasteiger charge is -2.37. The SMILES string of the molecule is CC1SCCC12CC(=O)c1ccccc1O2. The van der Waals surface area contributed by atoms with E-state index in [2.05, 4.69) is 6.92 Å². The van der Waals surface area contributed by atoms with Crippen LogP contribution in [0.3, 0.4) is 0 Å². The van der Waals surface area contributed by atoms with Crippen LogP contribution in [-0.2, 0) is 0 Å². The molecule has 0 bridgehead atoms. The molecule has 1 aromatic rings. The summed E-state index contributed by atoms with van der Waals surface area (Å²) in [6.07, 6.45) is 1.52. The molecular weight excluding hydrogens is 220 g/mol. The normalized spacial score (nSPS) is 32.6. The van der Waals surface area contributed by atoms with Gasteiger partial charge in [0.05, 0.1) is 12.0 Å². The topological polar surface area (TPSA) is 26.3 Å². The van der Waals surface area contributed by atoms with Crippen molar-refractivity contribution in [3.63, 3.8) is 0 Å². The molecular formula is C13H14O2S. The third-order valence-electron chi connectivity index (χ3n) is 3.59. The van der Waals surface area contributed by atoms with Crippen molar-refractivity contribution in [2.75, 3.05) is 5.75 Å². The van der Waals surface area contributed by atoms with Gasteiger partial charge in [-0.15, -0.1) is 0 Å². The summed E-state index contributed by atoms with van der Waals surface area (Å²) in [6, 6.07) is 7.59. The Bertz CT molecular complexity index is 443. The van der Waals surface area contributed by atoms with E-state index in [1.807, 2.05) is 36.0 Å². The Morgan fingerprint density at radius 3 is 3.00 bits per heavy atom. The molecule has 0 radical (unpaired) electrons. The lowest BCUT2D eigenvalue weighted by molar-refractivity contribution is 0.0440. The van der Waals surface area contributed by atoms with Gasteiger partial charge in [-0.3, -0.25) is 4.79 Å². The summed E-state index contributed by atoms with van der Waals surface area (Å²) in [7, 11) is 0. The van der Waals surface area contributed by atoms with Crippen LogP contribution in [0.2, 0.25) is 0 Å². The summed E-state index contributed by atoms with van der Waals surface area (Å²) in [4.78, 5) is 12.1. The van der Waals surface area contributed by atoms with E-state index in [-0.39, 0.29) is 11.4 Å². The Morgan fingerprint density at radius 2 is 2.25 bits per heavy atom. The molecule has 16 heavy (non-hydrogen) atoms. The zero-order chi connectivity index (χ0) is 11.2. The highest BCUT2D eigenvalue weighted by Crippen LogP contribution is 2.45. The molecule has 0 N–H and O–H groups in total. The summed E-state index contributed by atoms with van der Waals surface area (Å²) in [5.41, 5.74) is 0.507. The molecule has 1 fully saturated rings. The van der Waals surface area contributed by atoms with Crippen LogP contribution in [-0.4, -0.2) is 22.4 Å². The van der Waals surface area contributed by atoms with E-state index >= 15 is 0 Å². The van der Waals surface area contributed by atoms with Crippen molar-refractivity contribution >= 4 is 17.5 Å². The fourth-order valence-corrected chi connectivity index (χ4v) is 3.91. The predicted molar refractivity (Wildman–Crippen MR) is 65.3 cm³/mol. The van der Waals surface area contributed by atoms with Crippen molar-refractivity contribution in [1.29, 1.82) is 0 Å². The Morgan fingerprint density at radius 1 is 1.44 bits per heavy atom. The van der Waals surface area contributed by atoms with Crippen molar-refractivity contribution in [3.8, 4) is 5.75 Å². The molecule has 3 rings (SSSR count). The number of hydrogen-bond donors (Lipinski definition) is 0. The third-order valence-corrected chi connectivity index (χ3v) is 4.96. The number of fused-ring (bicyclic) bond motifs is 1. The molecule has 84 valence electrons. The quantitative estimate of drug-likeness (QED) is 0.690. The molecule has 1 saturated heterocycles. The highest BCUT2D eigenvalue weighted by atomic mass is 32.2. The molecule has 2 atom stereocenters. The van der Waals surface area contributed by atoms with Crippen molar-refractivity contribution in [2.24, 2.45) is 0 Å². The predicted octanol–water partition coefficient (Wildman–Crippen LogP) is 2.92. The van der Waals surface area contributed by atoms with Crippen LogP contribution in [0.15, 0.2) is 24.3 Å². The van der Waals surface area contributed by atoms with Gasteiger partial charge in [0.2, 0.25) is 0 Å². The molecule has 2 heterocycles. The summed E-state index contributed by atoms with van der Waals surface area (Å²) >= 11 is 1.90. The highest BCUT2D eigenvalue weighted by Gasteiger charge is 2.48. The molecule has 0 aromatic heterocycles. The lowest BCUT2D eigenvalue weighted by Crippen LogP contribution is -2.46. The van der Waals surface area contributed by atoms with Crippen LogP contribution < -0.4 is 4.74 Å². The van der Waals surface area contributed by atoms with E-state index < -0.39 is 0 Å². The average Bonchev–Trinajstić information content (AvgIpc) is 2.60. The Kier molecular flexibility index (Phi) is 2.25. The molecule has 0 aliphatic carbocycles. The van der Waals surface area contributed by atoms with E-state index in [1.54, 1.807) is 0 Å². The number of carbonyl (C=O) groups excluding carboxylic acids is 1. The van der Waals surface area contributed by atoms with Gasteiger partial charge in [0.25, 0.3) is 0 Å². The number of hydrogen-bond acceptors (Lipinski definition) is 3. The minimum atomic E-state index is -0.240. The largest absolute Gasteiger partial charge is 0.485 e. The summed E-state index contributed by atoms with van der Waals surface area (Å²) < 4.78 is 6.12. The fraction of sp³-hybridized carbons (Fsp3) is 0.462. The van der Waals surface area contributed by atoms with E-state index in [9.17, 15) is 4.79 Å². The molecule has 0 amide bonds. The smallest absolute Gasteiger partial charge is 0.170 e. The Hall–Kier alpha value is -0.960. The van der Waals surface area contributed by atoms with Crippen molar-refractivity contribution in [2.45, 2.75) is 30.6 Å². The van der Waals surface area contributed by atoms with Crippen molar-refractivity contribution in [3.05, 3.63) is 29.8 Å². The minimum Gasteiger partial charge on any atom is -0.485 e. The summed E-state index contributed by atoms with van der Waals surface area (Å²) in [5, 5.41) is 0.407. The first kappa shape index (κ1) is 10.2. The number of ether oxygens (including phenoxy) is 1. The number of ketones is 1. The van der Waals surface area contributed by atoms with Gasteiger partial charge >= 0.3 is 0 Å². The number of thioether (sulfide) groups is 1. The number of Topliss-reactive ketones (excluding diaryl/α,β-unsaturated/α-hetero) is 1. The Balaban J connectivity index is 2.03. The monoisotopic (exact) mass is 234 g/mol. The molecule has 1 spiro atoms. The molecule has 2 aliphatic heterocycles. The van der Waals surface area contributed by atoms with Gasteiger partial charge in [-0.05, 0) is 31.2 Å². The molecule has 3 heteroatoms.